The summed E-state index contributed by atoms with van der Waals surface area (Å²) in [6, 6.07) is 0. The summed E-state index contributed by atoms with van der Waals surface area (Å²) in [4.78, 5) is 9.58. The monoisotopic (exact) mass is 118 g/mol. The van der Waals surface area contributed by atoms with Crippen LogP contribution < -0.4 is 0 Å². The maximum Gasteiger partial charge on any atom is 0.0811 e. The Labute approximate surface area is 48.0 Å². The van der Waals surface area contributed by atoms with Gasteiger partial charge in [-0.15, -0.1) is 10.1 Å². The van der Waals surface area contributed by atoms with Crippen LogP contribution in [0.25, 0.3) is 0 Å². The van der Waals surface area contributed by atoms with Gasteiger partial charge in [0.2, 0.25) is 0 Å². The summed E-state index contributed by atoms with van der Waals surface area (Å²) in [7, 11) is 0. The van der Waals surface area contributed by atoms with E-state index in [1.807, 2.05) is 0 Å². The van der Waals surface area contributed by atoms with Crippen LogP contribution in [0.5, 0.6) is 0 Å². The maximum atomic E-state index is 9.58. The molecule has 0 heterocycles. The average molecular weight is 118 g/mol. The summed E-state index contributed by atoms with van der Waals surface area (Å²) >= 11 is 0. The summed E-state index contributed by atoms with van der Waals surface area (Å²) in [6.07, 6.45) is 0. The van der Waals surface area contributed by atoms with E-state index in [1.54, 1.807) is 20.8 Å². The first-order valence-electron chi connectivity index (χ1n) is 2.31. The average Bonchev–Trinajstić information content (AvgIpc) is 1.62. The smallest absolute Gasteiger partial charge is 0.0811 e. The Morgan fingerprint density at radius 1 is 1.50 bits per heavy atom. The van der Waals surface area contributed by atoms with E-state index in [9.17, 15) is 4.91 Å². The molecule has 0 bridgehead atoms. The van der Waals surface area contributed by atoms with Gasteiger partial charge in [0.25, 0.3) is 0 Å². The Balaban J connectivity index is 3.80. The van der Waals surface area contributed by atoms with Gasteiger partial charge in [0.15, 0.2) is 0 Å². The van der Waals surface area contributed by atoms with Gasteiger partial charge in [-0.25, -0.2) is 0 Å². The summed E-state index contributed by atoms with van der Waals surface area (Å²) in [6.45, 7) is 5.03. The van der Waals surface area contributed by atoms with Crippen LogP contribution in [0.3, 0.4) is 0 Å². The van der Waals surface area contributed by atoms with Crippen LogP contribution in [-0.2, 0) is 0 Å². The molecular weight excluding hydrogens is 108 g/mol. The first kappa shape index (κ1) is 7.36. The number of hydrogen-bond donors (Lipinski definition) is 1. The molecule has 0 aliphatic carbocycles. The van der Waals surface area contributed by atoms with Gasteiger partial charge in [0.05, 0.1) is 10.8 Å². The van der Waals surface area contributed by atoms with Crippen LogP contribution in [0.2, 0.25) is 0 Å². The molecule has 0 fully saturated rings. The third kappa shape index (κ3) is 1.88. The van der Waals surface area contributed by atoms with Crippen molar-refractivity contribution in [2.24, 2.45) is 5.29 Å². The molecule has 0 saturated carbocycles. The molecule has 48 valence electrons. The lowest BCUT2D eigenvalue weighted by atomic mass is 10.1. The summed E-state index contributed by atoms with van der Waals surface area (Å²) in [5, 5.41) is 11.2. The highest BCUT2D eigenvalue weighted by Crippen LogP contribution is 2.08. The predicted molar refractivity (Wildman–Crippen MR) is 29.2 cm³/mol. The highest BCUT2D eigenvalue weighted by atomic mass is 16.6. The summed E-state index contributed by atoms with van der Waals surface area (Å²) in [5.74, 6) is 0. The molecular formula is C4H10N2O2. The minimum atomic E-state index is -0.582. The van der Waals surface area contributed by atoms with Crippen molar-refractivity contribution in [1.82, 2.24) is 5.17 Å². The Bertz CT molecular complexity index is 86.5. The second kappa shape index (κ2) is 2.09. The van der Waals surface area contributed by atoms with E-state index in [0.29, 0.717) is 5.17 Å². The fraction of sp³-hybridized carbons (Fsp3) is 1.00. The van der Waals surface area contributed by atoms with Gasteiger partial charge in [-0.05, 0) is 20.8 Å². The van der Waals surface area contributed by atoms with Gasteiger partial charge in [-0.3, -0.25) is 5.21 Å². The molecule has 0 aromatic carbocycles. The van der Waals surface area contributed by atoms with Crippen LogP contribution in [-0.4, -0.2) is 15.9 Å². The van der Waals surface area contributed by atoms with Crippen molar-refractivity contribution in [3.05, 3.63) is 4.91 Å². The van der Waals surface area contributed by atoms with Crippen molar-refractivity contribution in [3.63, 3.8) is 0 Å². The first-order chi connectivity index (χ1) is 3.48. The number of hydrogen-bond acceptors (Lipinski definition) is 3. The lowest BCUT2D eigenvalue weighted by Crippen LogP contribution is -2.33. The molecule has 8 heavy (non-hydrogen) atoms. The second-order valence-corrected chi connectivity index (χ2v) is 2.54. The zero-order valence-corrected chi connectivity index (χ0v) is 5.25. The number of nitroso groups, excluding NO2 is 1. The van der Waals surface area contributed by atoms with Crippen molar-refractivity contribution >= 4 is 0 Å². The second-order valence-electron chi connectivity index (χ2n) is 2.54. The van der Waals surface area contributed by atoms with Crippen molar-refractivity contribution < 1.29 is 5.21 Å². The molecule has 0 saturated heterocycles. The van der Waals surface area contributed by atoms with Crippen LogP contribution in [0.4, 0.5) is 0 Å². The van der Waals surface area contributed by atoms with Crippen molar-refractivity contribution in [3.8, 4) is 0 Å². The van der Waals surface area contributed by atoms with E-state index in [-0.39, 0.29) is 0 Å². The molecule has 0 aromatic heterocycles. The third-order valence-electron chi connectivity index (χ3n) is 0.677. The Kier molecular flexibility index (Phi) is 1.92. The van der Waals surface area contributed by atoms with Crippen LogP contribution in [0.15, 0.2) is 5.29 Å². The molecule has 0 atom stereocenters. The van der Waals surface area contributed by atoms with E-state index in [0.717, 1.165) is 0 Å². The highest BCUT2D eigenvalue weighted by Gasteiger charge is 2.18. The zero-order chi connectivity index (χ0) is 6.78. The van der Waals surface area contributed by atoms with Crippen LogP contribution >= 0.6 is 0 Å². The van der Waals surface area contributed by atoms with Gasteiger partial charge >= 0.3 is 0 Å². The molecule has 0 aliphatic rings. The standard InChI is InChI=1S/C4H10N2O2/c1-4(2,3)6(8)5-7/h8H,1-3H3. The Morgan fingerprint density at radius 3 is 1.88 bits per heavy atom. The largest absolute Gasteiger partial charge is 0.269 e. The zero-order valence-electron chi connectivity index (χ0n) is 5.25. The third-order valence-corrected chi connectivity index (χ3v) is 0.677. The van der Waals surface area contributed by atoms with E-state index < -0.39 is 5.54 Å². The van der Waals surface area contributed by atoms with Crippen LogP contribution in [0.1, 0.15) is 20.8 Å². The first-order valence-corrected chi connectivity index (χ1v) is 2.31. The summed E-state index contributed by atoms with van der Waals surface area (Å²) in [5.41, 5.74) is -0.582. The summed E-state index contributed by atoms with van der Waals surface area (Å²) < 4.78 is 0. The van der Waals surface area contributed by atoms with Crippen molar-refractivity contribution in [2.45, 2.75) is 26.3 Å². The fourth-order valence-corrected chi connectivity index (χ4v) is 0.122. The SMILES string of the molecule is CC(C)(C)N(O)N=O. The number of hydroxylamine groups is 1. The van der Waals surface area contributed by atoms with Gasteiger partial charge in [-0.1, -0.05) is 0 Å². The maximum absolute atomic E-state index is 9.58. The van der Waals surface area contributed by atoms with Gasteiger partial charge in [-0.2, -0.15) is 0 Å². The van der Waals surface area contributed by atoms with Crippen molar-refractivity contribution in [1.29, 1.82) is 0 Å². The number of nitrogens with zero attached hydrogens (tertiary/aromatic N) is 2. The molecule has 4 nitrogen and oxygen atoms in total. The molecule has 0 rings (SSSR count). The van der Waals surface area contributed by atoms with Gasteiger partial charge < -0.3 is 0 Å². The van der Waals surface area contributed by atoms with E-state index in [4.69, 9.17) is 5.21 Å². The lowest BCUT2D eigenvalue weighted by molar-refractivity contribution is -0.157. The van der Waals surface area contributed by atoms with Gasteiger partial charge in [0.1, 0.15) is 0 Å². The minimum Gasteiger partial charge on any atom is -0.269 e. The highest BCUT2D eigenvalue weighted by molar-refractivity contribution is 4.64. The fourth-order valence-electron chi connectivity index (χ4n) is 0.122. The Morgan fingerprint density at radius 2 is 1.88 bits per heavy atom. The lowest BCUT2D eigenvalue weighted by Gasteiger charge is -2.22. The van der Waals surface area contributed by atoms with E-state index >= 15 is 0 Å². The molecule has 0 unspecified atom stereocenters. The van der Waals surface area contributed by atoms with Gasteiger partial charge in [0, 0.05) is 0 Å². The van der Waals surface area contributed by atoms with Crippen LogP contribution in [0, 0.1) is 4.91 Å². The molecule has 0 spiro atoms. The molecule has 0 amide bonds. The normalized spacial score (nSPS) is 11.0. The number of rotatable bonds is 1. The topological polar surface area (TPSA) is 52.9 Å². The van der Waals surface area contributed by atoms with E-state index in [2.05, 4.69) is 5.29 Å². The van der Waals surface area contributed by atoms with Crippen molar-refractivity contribution in [2.75, 3.05) is 0 Å². The molecule has 1 N–H and O–H groups in total. The molecule has 0 radical (unpaired) electrons. The molecule has 4 heteroatoms. The molecule has 0 aliphatic heterocycles. The predicted octanol–water partition coefficient (Wildman–Crippen LogP) is 1.16. The minimum absolute atomic E-state index is 0.382. The Hall–Kier alpha value is -0.640. The quantitative estimate of drug-likeness (QED) is 0.415. The molecule has 0 aromatic rings. The van der Waals surface area contributed by atoms with E-state index in [1.165, 1.54) is 0 Å².